The molecule has 1 aromatic rings. The van der Waals surface area contributed by atoms with Crippen LogP contribution in [0, 0.1) is 5.82 Å². The summed E-state index contributed by atoms with van der Waals surface area (Å²) in [5, 5.41) is 3.18. The predicted octanol–water partition coefficient (Wildman–Crippen LogP) is 2.86. The Hall–Kier alpha value is -0.980. The summed E-state index contributed by atoms with van der Waals surface area (Å²) in [6.45, 7) is 2.82. The molecule has 0 unspecified atom stereocenters. The lowest BCUT2D eigenvalue weighted by Crippen LogP contribution is -2.45. The Morgan fingerprint density at radius 1 is 1.29 bits per heavy atom. The van der Waals surface area contributed by atoms with E-state index in [1.165, 1.54) is 25.3 Å². The summed E-state index contributed by atoms with van der Waals surface area (Å²) < 4.78 is 44.4. The standard InChI is InChI=1S/C14H19F3N2O.ClH/c1-20-13-3-2-10(15)8-11(13)12(9-14(16)17)19-6-4-18-5-7-19;/h2-3,8,12,14,18H,4-7,9H2,1H3;1H/t12-;/m0./s1. The average Bonchev–Trinajstić information content (AvgIpc) is 2.45. The van der Waals surface area contributed by atoms with Crippen LogP contribution < -0.4 is 10.1 Å². The Morgan fingerprint density at radius 2 is 1.95 bits per heavy atom. The number of nitrogens with one attached hydrogen (secondary N) is 1. The molecule has 0 bridgehead atoms. The van der Waals surface area contributed by atoms with Gasteiger partial charge in [-0.15, -0.1) is 12.4 Å². The summed E-state index contributed by atoms with van der Waals surface area (Å²) in [6.07, 6.45) is -2.76. The average molecular weight is 325 g/mol. The third-order valence-corrected chi connectivity index (χ3v) is 3.54. The van der Waals surface area contributed by atoms with Gasteiger partial charge < -0.3 is 10.1 Å². The van der Waals surface area contributed by atoms with Crippen molar-refractivity contribution in [3.8, 4) is 5.75 Å². The van der Waals surface area contributed by atoms with Gasteiger partial charge in [0, 0.05) is 44.2 Å². The maximum Gasteiger partial charge on any atom is 0.240 e. The smallest absolute Gasteiger partial charge is 0.240 e. The highest BCUT2D eigenvalue weighted by Crippen LogP contribution is 2.34. The maximum atomic E-state index is 13.5. The molecule has 1 aliphatic rings. The Labute approximate surface area is 128 Å². The first-order valence-electron chi connectivity index (χ1n) is 6.68. The molecule has 0 aromatic heterocycles. The summed E-state index contributed by atoms with van der Waals surface area (Å²) in [5.74, 6) is 0.0192. The number of halogens is 4. The van der Waals surface area contributed by atoms with Gasteiger partial charge in [0.25, 0.3) is 0 Å². The van der Waals surface area contributed by atoms with E-state index >= 15 is 0 Å². The molecule has 0 aliphatic carbocycles. The quantitative estimate of drug-likeness (QED) is 0.901. The van der Waals surface area contributed by atoms with Crippen molar-refractivity contribution in [1.82, 2.24) is 10.2 Å². The number of rotatable bonds is 5. The summed E-state index contributed by atoms with van der Waals surface area (Å²) in [7, 11) is 1.47. The highest BCUT2D eigenvalue weighted by Gasteiger charge is 2.28. The summed E-state index contributed by atoms with van der Waals surface area (Å²) >= 11 is 0. The number of methoxy groups -OCH3 is 1. The van der Waals surface area contributed by atoms with Gasteiger partial charge in [0.15, 0.2) is 0 Å². The zero-order valence-corrected chi connectivity index (χ0v) is 12.6. The van der Waals surface area contributed by atoms with E-state index in [0.717, 1.165) is 13.1 Å². The first kappa shape index (κ1) is 18.1. The largest absolute Gasteiger partial charge is 0.496 e. The lowest BCUT2D eigenvalue weighted by atomic mass is 10.00. The summed E-state index contributed by atoms with van der Waals surface area (Å²) in [5.41, 5.74) is 0.495. The van der Waals surface area contributed by atoms with Crippen LogP contribution >= 0.6 is 12.4 Å². The van der Waals surface area contributed by atoms with Gasteiger partial charge in [0.05, 0.1) is 7.11 Å². The minimum atomic E-state index is -2.44. The minimum Gasteiger partial charge on any atom is -0.496 e. The molecule has 1 atom stereocenters. The molecule has 0 radical (unpaired) electrons. The molecule has 0 amide bonds. The number of ether oxygens (including phenoxy) is 1. The van der Waals surface area contributed by atoms with Gasteiger partial charge in [-0.2, -0.15) is 0 Å². The van der Waals surface area contributed by atoms with Crippen molar-refractivity contribution in [3.63, 3.8) is 0 Å². The SMILES string of the molecule is COc1ccc(F)cc1[C@H](CC(F)F)N1CCNCC1.Cl. The van der Waals surface area contributed by atoms with Crippen LogP contribution in [0.25, 0.3) is 0 Å². The summed E-state index contributed by atoms with van der Waals surface area (Å²) in [6, 6.07) is 3.54. The van der Waals surface area contributed by atoms with E-state index in [-0.39, 0.29) is 18.8 Å². The minimum absolute atomic E-state index is 0. The van der Waals surface area contributed by atoms with E-state index < -0.39 is 18.3 Å². The highest BCUT2D eigenvalue weighted by molar-refractivity contribution is 5.85. The van der Waals surface area contributed by atoms with Crippen molar-refractivity contribution in [2.24, 2.45) is 0 Å². The molecule has 1 heterocycles. The van der Waals surface area contributed by atoms with Gasteiger partial charge in [-0.25, -0.2) is 13.2 Å². The number of hydrogen-bond donors (Lipinski definition) is 1. The second-order valence-electron chi connectivity index (χ2n) is 4.81. The molecule has 1 aromatic carbocycles. The molecule has 1 aliphatic heterocycles. The van der Waals surface area contributed by atoms with Crippen LogP contribution in [-0.4, -0.2) is 44.6 Å². The molecule has 3 nitrogen and oxygen atoms in total. The second kappa shape index (κ2) is 8.46. The van der Waals surface area contributed by atoms with E-state index in [1.54, 1.807) is 0 Å². The van der Waals surface area contributed by atoms with Crippen LogP contribution in [0.5, 0.6) is 5.75 Å². The molecule has 0 spiro atoms. The van der Waals surface area contributed by atoms with E-state index in [4.69, 9.17) is 4.74 Å². The number of hydrogen-bond acceptors (Lipinski definition) is 3. The predicted molar refractivity (Wildman–Crippen MR) is 78.0 cm³/mol. The van der Waals surface area contributed by atoms with Crippen LogP contribution in [0.15, 0.2) is 18.2 Å². The molecule has 1 fully saturated rings. The molecular formula is C14H20ClF3N2O. The molecule has 0 saturated carbocycles. The van der Waals surface area contributed by atoms with Crippen molar-refractivity contribution in [2.45, 2.75) is 18.9 Å². The monoisotopic (exact) mass is 324 g/mol. The van der Waals surface area contributed by atoms with Crippen molar-refractivity contribution < 1.29 is 17.9 Å². The molecular weight excluding hydrogens is 305 g/mol. The van der Waals surface area contributed by atoms with Crippen LogP contribution in [0.2, 0.25) is 0 Å². The normalized spacial score (nSPS) is 17.4. The Bertz CT molecular complexity index is 442. The Balaban J connectivity index is 0.00000220. The zero-order chi connectivity index (χ0) is 14.5. The molecule has 1 saturated heterocycles. The van der Waals surface area contributed by atoms with Crippen molar-refractivity contribution >= 4 is 12.4 Å². The summed E-state index contributed by atoms with van der Waals surface area (Å²) in [4.78, 5) is 1.96. The maximum absolute atomic E-state index is 13.5. The molecule has 120 valence electrons. The molecule has 1 N–H and O–H groups in total. The van der Waals surface area contributed by atoms with Crippen molar-refractivity contribution in [1.29, 1.82) is 0 Å². The van der Waals surface area contributed by atoms with Gasteiger partial charge in [-0.1, -0.05) is 0 Å². The fraction of sp³-hybridized carbons (Fsp3) is 0.571. The van der Waals surface area contributed by atoms with Crippen molar-refractivity contribution in [2.75, 3.05) is 33.3 Å². The lowest BCUT2D eigenvalue weighted by Gasteiger charge is -2.35. The van der Waals surface area contributed by atoms with Crippen LogP contribution in [0.4, 0.5) is 13.2 Å². The van der Waals surface area contributed by atoms with E-state index in [1.807, 2.05) is 4.90 Å². The van der Waals surface area contributed by atoms with E-state index in [9.17, 15) is 13.2 Å². The number of benzene rings is 1. The third-order valence-electron chi connectivity index (χ3n) is 3.54. The van der Waals surface area contributed by atoms with Crippen LogP contribution in [0.3, 0.4) is 0 Å². The van der Waals surface area contributed by atoms with Crippen LogP contribution in [0.1, 0.15) is 18.0 Å². The zero-order valence-electron chi connectivity index (χ0n) is 11.8. The number of nitrogens with zero attached hydrogens (tertiary/aromatic N) is 1. The van der Waals surface area contributed by atoms with Gasteiger partial charge in [-0.05, 0) is 18.2 Å². The Morgan fingerprint density at radius 3 is 2.52 bits per heavy atom. The van der Waals surface area contributed by atoms with Crippen LogP contribution in [-0.2, 0) is 0 Å². The number of alkyl halides is 2. The van der Waals surface area contributed by atoms with E-state index in [2.05, 4.69) is 5.32 Å². The Kier molecular flexibility index (Phi) is 7.28. The van der Waals surface area contributed by atoms with Gasteiger partial charge in [0.1, 0.15) is 11.6 Å². The van der Waals surface area contributed by atoms with Crippen molar-refractivity contribution in [3.05, 3.63) is 29.6 Å². The fourth-order valence-corrected chi connectivity index (χ4v) is 2.60. The molecule has 2 rings (SSSR count). The van der Waals surface area contributed by atoms with Gasteiger partial charge >= 0.3 is 0 Å². The fourth-order valence-electron chi connectivity index (χ4n) is 2.60. The number of piperazine rings is 1. The third kappa shape index (κ3) is 4.76. The lowest BCUT2D eigenvalue weighted by molar-refractivity contribution is 0.0728. The topological polar surface area (TPSA) is 24.5 Å². The van der Waals surface area contributed by atoms with Gasteiger partial charge in [-0.3, -0.25) is 4.90 Å². The first-order valence-corrected chi connectivity index (χ1v) is 6.68. The molecule has 7 heteroatoms. The van der Waals surface area contributed by atoms with Gasteiger partial charge in [0.2, 0.25) is 6.43 Å². The van der Waals surface area contributed by atoms with E-state index in [0.29, 0.717) is 24.4 Å². The molecule has 21 heavy (non-hydrogen) atoms. The first-order chi connectivity index (χ1) is 9.61. The highest BCUT2D eigenvalue weighted by atomic mass is 35.5. The second-order valence-corrected chi connectivity index (χ2v) is 4.81.